The SMILES string of the molecule is CC1(CCc2ccc(O)cc2)Nc2ccccc2-c2nc(=O)c(-c3ccccc3)nn21. The lowest BCUT2D eigenvalue weighted by Gasteiger charge is -2.39. The van der Waals surface area contributed by atoms with Crippen molar-refractivity contribution in [2.75, 3.05) is 5.32 Å². The second kappa shape index (κ2) is 7.40. The number of phenolic OH excluding ortho intramolecular Hbond substituents is 1. The molecule has 5 rings (SSSR count). The van der Waals surface area contributed by atoms with Crippen LogP contribution in [0.2, 0.25) is 0 Å². The van der Waals surface area contributed by atoms with Gasteiger partial charge in [0.15, 0.2) is 11.5 Å². The van der Waals surface area contributed by atoms with Gasteiger partial charge in [0.05, 0.1) is 0 Å². The number of para-hydroxylation sites is 1. The molecule has 0 fully saturated rings. The zero-order chi connectivity index (χ0) is 21.4. The summed E-state index contributed by atoms with van der Waals surface area (Å²) < 4.78 is 1.85. The number of rotatable bonds is 4. The van der Waals surface area contributed by atoms with Crippen molar-refractivity contribution in [2.24, 2.45) is 0 Å². The first-order valence-corrected chi connectivity index (χ1v) is 10.3. The average Bonchev–Trinajstić information content (AvgIpc) is 2.79. The van der Waals surface area contributed by atoms with E-state index in [1.807, 2.05) is 71.4 Å². The average molecular weight is 410 g/mol. The number of aromatic hydroxyl groups is 1. The van der Waals surface area contributed by atoms with Gasteiger partial charge in [-0.25, -0.2) is 4.68 Å². The summed E-state index contributed by atoms with van der Waals surface area (Å²) in [6, 6.07) is 24.5. The lowest BCUT2D eigenvalue weighted by atomic mass is 9.97. The van der Waals surface area contributed by atoms with Crippen molar-refractivity contribution < 1.29 is 5.11 Å². The Hall–Kier alpha value is -3.93. The minimum atomic E-state index is -0.591. The number of aryl methyl sites for hydroxylation is 1. The number of nitrogens with zero attached hydrogens (tertiary/aromatic N) is 3. The van der Waals surface area contributed by atoms with Crippen LogP contribution in [0.15, 0.2) is 83.7 Å². The Morgan fingerprint density at radius 2 is 1.68 bits per heavy atom. The van der Waals surface area contributed by atoms with E-state index in [1.165, 1.54) is 0 Å². The van der Waals surface area contributed by atoms with Gasteiger partial charge in [-0.2, -0.15) is 10.1 Å². The lowest BCUT2D eigenvalue weighted by molar-refractivity contribution is 0.300. The summed E-state index contributed by atoms with van der Waals surface area (Å²) in [7, 11) is 0. The van der Waals surface area contributed by atoms with Crippen molar-refractivity contribution in [2.45, 2.75) is 25.4 Å². The first-order chi connectivity index (χ1) is 15.0. The van der Waals surface area contributed by atoms with Gasteiger partial charge < -0.3 is 10.4 Å². The van der Waals surface area contributed by atoms with E-state index in [4.69, 9.17) is 5.10 Å². The number of anilines is 1. The molecule has 1 aliphatic heterocycles. The molecule has 2 heterocycles. The molecule has 0 bridgehead atoms. The molecule has 154 valence electrons. The third-order valence-electron chi connectivity index (χ3n) is 5.73. The van der Waals surface area contributed by atoms with Crippen LogP contribution in [-0.2, 0) is 12.1 Å². The monoisotopic (exact) mass is 410 g/mol. The largest absolute Gasteiger partial charge is 0.508 e. The van der Waals surface area contributed by atoms with Gasteiger partial charge in [0.25, 0.3) is 5.56 Å². The molecular weight excluding hydrogens is 388 g/mol. The minimum absolute atomic E-state index is 0.251. The molecule has 0 spiro atoms. The maximum atomic E-state index is 12.9. The van der Waals surface area contributed by atoms with Gasteiger partial charge in [-0.15, -0.1) is 0 Å². The first kappa shape index (κ1) is 19.1. The second-order valence-corrected chi connectivity index (χ2v) is 7.98. The van der Waals surface area contributed by atoms with Gasteiger partial charge in [0, 0.05) is 16.8 Å². The zero-order valence-corrected chi connectivity index (χ0v) is 17.1. The molecule has 3 aromatic carbocycles. The maximum Gasteiger partial charge on any atom is 0.300 e. The van der Waals surface area contributed by atoms with Crippen molar-refractivity contribution in [1.29, 1.82) is 0 Å². The van der Waals surface area contributed by atoms with Crippen LogP contribution in [0, 0.1) is 0 Å². The predicted molar refractivity (Wildman–Crippen MR) is 121 cm³/mol. The summed E-state index contributed by atoms with van der Waals surface area (Å²) in [4.78, 5) is 17.4. The molecule has 6 nitrogen and oxygen atoms in total. The Morgan fingerprint density at radius 3 is 2.45 bits per heavy atom. The fraction of sp³-hybridized carbons (Fsp3) is 0.160. The Balaban J connectivity index is 1.62. The van der Waals surface area contributed by atoms with E-state index in [9.17, 15) is 9.90 Å². The third kappa shape index (κ3) is 3.46. The number of nitrogens with one attached hydrogen (secondary N) is 1. The molecule has 4 aromatic rings. The summed E-state index contributed by atoms with van der Waals surface area (Å²) in [5.41, 5.74) is 3.04. The summed E-state index contributed by atoms with van der Waals surface area (Å²) in [6.45, 7) is 2.07. The van der Waals surface area contributed by atoms with Crippen LogP contribution in [-0.4, -0.2) is 19.9 Å². The molecule has 0 saturated heterocycles. The number of fused-ring (bicyclic) bond motifs is 3. The summed E-state index contributed by atoms with van der Waals surface area (Å²) >= 11 is 0. The third-order valence-corrected chi connectivity index (χ3v) is 5.73. The molecular formula is C25H22N4O2. The smallest absolute Gasteiger partial charge is 0.300 e. The second-order valence-electron chi connectivity index (χ2n) is 7.98. The van der Waals surface area contributed by atoms with Crippen LogP contribution >= 0.6 is 0 Å². The van der Waals surface area contributed by atoms with Crippen LogP contribution in [0.1, 0.15) is 18.9 Å². The summed E-state index contributed by atoms with van der Waals surface area (Å²) in [6.07, 6.45) is 1.48. The molecule has 31 heavy (non-hydrogen) atoms. The maximum absolute atomic E-state index is 12.9. The molecule has 6 heteroatoms. The highest BCUT2D eigenvalue weighted by molar-refractivity contribution is 5.76. The topological polar surface area (TPSA) is 80.0 Å². The fourth-order valence-corrected chi connectivity index (χ4v) is 4.03. The molecule has 0 saturated carbocycles. The normalized spacial score (nSPS) is 16.8. The Bertz CT molecular complexity index is 1300. The number of benzene rings is 3. The highest BCUT2D eigenvalue weighted by atomic mass is 16.3. The van der Waals surface area contributed by atoms with Gasteiger partial charge in [-0.05, 0) is 49.6 Å². The molecule has 0 radical (unpaired) electrons. The van der Waals surface area contributed by atoms with E-state index in [1.54, 1.807) is 12.1 Å². The Labute approximate surface area is 179 Å². The number of hydrogen-bond acceptors (Lipinski definition) is 5. The van der Waals surface area contributed by atoms with Crippen LogP contribution in [0.4, 0.5) is 5.69 Å². The van der Waals surface area contributed by atoms with Crippen LogP contribution in [0.5, 0.6) is 5.75 Å². The Morgan fingerprint density at radius 1 is 0.968 bits per heavy atom. The van der Waals surface area contributed by atoms with Gasteiger partial charge in [-0.3, -0.25) is 4.79 Å². The van der Waals surface area contributed by atoms with Crippen molar-refractivity contribution in [3.05, 3.63) is 94.8 Å². The Kier molecular flexibility index (Phi) is 4.55. The highest BCUT2D eigenvalue weighted by Gasteiger charge is 2.36. The molecule has 2 N–H and O–H groups in total. The lowest BCUT2D eigenvalue weighted by Crippen LogP contribution is -2.45. The molecule has 1 atom stereocenters. The van der Waals surface area contributed by atoms with Crippen LogP contribution in [0.3, 0.4) is 0 Å². The van der Waals surface area contributed by atoms with E-state index in [2.05, 4.69) is 17.2 Å². The zero-order valence-electron chi connectivity index (χ0n) is 17.1. The van der Waals surface area contributed by atoms with E-state index in [0.29, 0.717) is 17.9 Å². The van der Waals surface area contributed by atoms with Gasteiger partial charge in [-0.1, -0.05) is 54.6 Å². The van der Waals surface area contributed by atoms with Gasteiger partial charge in [0.1, 0.15) is 11.4 Å². The summed E-state index contributed by atoms with van der Waals surface area (Å²) in [5.74, 6) is 0.813. The number of aromatic nitrogens is 3. The van der Waals surface area contributed by atoms with Crippen molar-refractivity contribution >= 4 is 5.69 Å². The van der Waals surface area contributed by atoms with Crippen molar-refractivity contribution in [3.8, 4) is 28.4 Å². The van der Waals surface area contributed by atoms with Crippen molar-refractivity contribution in [1.82, 2.24) is 14.8 Å². The molecule has 0 amide bonds. The van der Waals surface area contributed by atoms with Crippen LogP contribution in [0.25, 0.3) is 22.6 Å². The quantitative estimate of drug-likeness (QED) is 0.521. The van der Waals surface area contributed by atoms with E-state index in [-0.39, 0.29) is 11.3 Å². The summed E-state index contributed by atoms with van der Waals surface area (Å²) in [5, 5.41) is 18.0. The molecule has 1 aromatic heterocycles. The standard InChI is InChI=1S/C25H22N4O2/c1-25(16-15-17-11-13-19(30)14-12-17)27-21-10-6-5-9-20(21)23-26-24(31)22(28-29(23)25)18-7-3-2-4-8-18/h2-14,27,30H,15-16H2,1H3. The molecule has 1 unspecified atom stereocenters. The fourth-order valence-electron chi connectivity index (χ4n) is 4.03. The van der Waals surface area contributed by atoms with E-state index < -0.39 is 5.66 Å². The van der Waals surface area contributed by atoms with E-state index in [0.717, 1.165) is 28.8 Å². The minimum Gasteiger partial charge on any atom is -0.508 e. The van der Waals surface area contributed by atoms with Gasteiger partial charge >= 0.3 is 0 Å². The van der Waals surface area contributed by atoms with E-state index >= 15 is 0 Å². The number of phenols is 1. The molecule has 1 aliphatic rings. The molecule has 0 aliphatic carbocycles. The van der Waals surface area contributed by atoms with Gasteiger partial charge in [0.2, 0.25) is 0 Å². The highest BCUT2D eigenvalue weighted by Crippen LogP contribution is 2.38. The van der Waals surface area contributed by atoms with Crippen LogP contribution < -0.4 is 10.9 Å². The first-order valence-electron chi connectivity index (χ1n) is 10.3. The number of hydrogen-bond donors (Lipinski definition) is 2. The predicted octanol–water partition coefficient (Wildman–Crippen LogP) is 4.41. The van der Waals surface area contributed by atoms with Crippen molar-refractivity contribution in [3.63, 3.8) is 0 Å².